The summed E-state index contributed by atoms with van der Waals surface area (Å²) in [5, 5.41) is 0. The smallest absolute Gasteiger partial charge is 0.387 e. The summed E-state index contributed by atoms with van der Waals surface area (Å²) in [5.41, 5.74) is 1.68. The van der Waals surface area contributed by atoms with Gasteiger partial charge in [-0.15, -0.1) is 0 Å². The van der Waals surface area contributed by atoms with Crippen LogP contribution in [0.4, 0.5) is 17.6 Å². The predicted octanol–water partition coefficient (Wildman–Crippen LogP) is 8.45. The van der Waals surface area contributed by atoms with Gasteiger partial charge in [0.2, 0.25) is 0 Å². The summed E-state index contributed by atoms with van der Waals surface area (Å²) >= 11 is 0. The van der Waals surface area contributed by atoms with Crippen molar-refractivity contribution in [3.8, 4) is 5.75 Å². The first-order valence-corrected chi connectivity index (χ1v) is 12.0. The highest BCUT2D eigenvalue weighted by Crippen LogP contribution is 2.39. The number of ether oxygens (including phenoxy) is 2. The van der Waals surface area contributed by atoms with Crippen molar-refractivity contribution in [2.24, 2.45) is 5.92 Å². The van der Waals surface area contributed by atoms with Crippen LogP contribution in [0, 0.1) is 5.92 Å². The molecule has 0 unspecified atom stereocenters. The lowest BCUT2D eigenvalue weighted by Crippen LogP contribution is -2.20. The topological polar surface area (TPSA) is 18.5 Å². The molecule has 182 valence electrons. The van der Waals surface area contributed by atoms with Crippen LogP contribution in [0.3, 0.4) is 0 Å². The molecule has 6 heteroatoms. The summed E-state index contributed by atoms with van der Waals surface area (Å²) in [6.45, 7) is -0.856. The molecule has 0 saturated heterocycles. The summed E-state index contributed by atoms with van der Waals surface area (Å²) in [6, 6.07) is 12.5. The Bertz CT molecular complexity index is 813. The minimum Gasteiger partial charge on any atom is -0.435 e. The SMILES string of the molecule is CCCCC[C@H]1CC[C@H](c2ccc(C(F)(F)OCCc3ccc(OC(F)F)cc3)cc2)CC1. The van der Waals surface area contributed by atoms with Crippen molar-refractivity contribution >= 4 is 0 Å². The second-order valence-electron chi connectivity index (χ2n) is 8.97. The van der Waals surface area contributed by atoms with Gasteiger partial charge in [-0.3, -0.25) is 0 Å². The minimum atomic E-state index is -3.38. The van der Waals surface area contributed by atoms with Crippen molar-refractivity contribution in [2.75, 3.05) is 6.61 Å². The number of rotatable bonds is 12. The highest BCUT2D eigenvalue weighted by atomic mass is 19.3. The zero-order valence-corrected chi connectivity index (χ0v) is 19.3. The maximum atomic E-state index is 14.5. The van der Waals surface area contributed by atoms with Gasteiger partial charge in [-0.25, -0.2) is 0 Å². The summed E-state index contributed by atoms with van der Waals surface area (Å²) in [4.78, 5) is 0. The van der Waals surface area contributed by atoms with Crippen LogP contribution in [0.5, 0.6) is 5.75 Å². The van der Waals surface area contributed by atoms with Crippen LogP contribution in [-0.2, 0) is 17.3 Å². The van der Waals surface area contributed by atoms with E-state index >= 15 is 0 Å². The van der Waals surface area contributed by atoms with Gasteiger partial charge in [0.15, 0.2) is 0 Å². The Hall–Kier alpha value is -2.08. The van der Waals surface area contributed by atoms with Gasteiger partial charge in [-0.2, -0.15) is 17.6 Å². The standard InChI is InChI=1S/C27H34F4O2/c1-2-3-4-5-20-6-10-22(11-7-20)23-12-14-24(15-13-23)27(30,31)32-19-18-21-8-16-25(17-9-21)33-26(28)29/h8-9,12-17,20,22,26H,2-7,10-11,18-19H2,1H3/t20-,22-. The van der Waals surface area contributed by atoms with E-state index in [9.17, 15) is 17.6 Å². The Morgan fingerprint density at radius 1 is 0.909 bits per heavy atom. The second-order valence-corrected chi connectivity index (χ2v) is 8.97. The third-order valence-corrected chi connectivity index (χ3v) is 6.60. The molecule has 0 N–H and O–H groups in total. The Kier molecular flexibility index (Phi) is 9.60. The van der Waals surface area contributed by atoms with Gasteiger partial charge in [0.25, 0.3) is 0 Å². The van der Waals surface area contributed by atoms with Gasteiger partial charge in [0, 0.05) is 0 Å². The van der Waals surface area contributed by atoms with E-state index in [1.807, 2.05) is 12.1 Å². The summed E-state index contributed by atoms with van der Waals surface area (Å²) in [5.74, 6) is 1.30. The van der Waals surface area contributed by atoms with E-state index < -0.39 is 12.7 Å². The fourth-order valence-electron chi connectivity index (χ4n) is 4.63. The van der Waals surface area contributed by atoms with Crippen LogP contribution >= 0.6 is 0 Å². The molecule has 0 heterocycles. The van der Waals surface area contributed by atoms with E-state index in [2.05, 4.69) is 11.7 Å². The van der Waals surface area contributed by atoms with Crippen molar-refractivity contribution in [2.45, 2.75) is 83.3 Å². The first kappa shape index (κ1) is 25.5. The highest BCUT2D eigenvalue weighted by molar-refractivity contribution is 5.28. The van der Waals surface area contributed by atoms with Gasteiger partial charge in [-0.05, 0) is 67.2 Å². The first-order valence-electron chi connectivity index (χ1n) is 12.0. The number of unbranched alkanes of at least 4 members (excludes halogenated alkanes) is 2. The third-order valence-electron chi connectivity index (χ3n) is 6.60. The zero-order chi connectivity index (χ0) is 23.7. The number of alkyl halides is 4. The molecule has 1 fully saturated rings. The average Bonchev–Trinajstić information content (AvgIpc) is 2.80. The lowest BCUT2D eigenvalue weighted by atomic mass is 9.77. The van der Waals surface area contributed by atoms with Crippen molar-refractivity contribution in [3.63, 3.8) is 0 Å². The fourth-order valence-corrected chi connectivity index (χ4v) is 4.63. The van der Waals surface area contributed by atoms with Gasteiger partial charge >= 0.3 is 12.7 Å². The van der Waals surface area contributed by atoms with E-state index in [0.717, 1.165) is 24.3 Å². The zero-order valence-electron chi connectivity index (χ0n) is 19.3. The van der Waals surface area contributed by atoms with Crippen LogP contribution in [0.15, 0.2) is 48.5 Å². The molecule has 0 atom stereocenters. The summed E-state index contributed by atoms with van der Waals surface area (Å²) in [6.07, 6.45) is 6.76. The molecule has 0 bridgehead atoms. The number of hydrogen-bond acceptors (Lipinski definition) is 2. The van der Waals surface area contributed by atoms with E-state index in [-0.39, 0.29) is 24.3 Å². The molecule has 0 radical (unpaired) electrons. The van der Waals surface area contributed by atoms with Gasteiger partial charge in [-0.1, -0.05) is 69.0 Å². The largest absolute Gasteiger partial charge is 0.435 e. The van der Waals surface area contributed by atoms with E-state index in [1.54, 1.807) is 12.1 Å². The summed E-state index contributed by atoms with van der Waals surface area (Å²) < 4.78 is 62.6. The molecular weight excluding hydrogens is 432 g/mol. The molecular formula is C27H34F4O2. The lowest BCUT2D eigenvalue weighted by Gasteiger charge is -2.29. The monoisotopic (exact) mass is 466 g/mol. The van der Waals surface area contributed by atoms with Crippen LogP contribution in [0.25, 0.3) is 0 Å². The van der Waals surface area contributed by atoms with Crippen molar-refractivity contribution in [3.05, 3.63) is 65.2 Å². The highest BCUT2D eigenvalue weighted by Gasteiger charge is 2.33. The Labute approximate surface area is 194 Å². The van der Waals surface area contributed by atoms with Crippen molar-refractivity contribution < 1.29 is 27.0 Å². The van der Waals surface area contributed by atoms with Crippen molar-refractivity contribution in [1.82, 2.24) is 0 Å². The van der Waals surface area contributed by atoms with Gasteiger partial charge in [0.05, 0.1) is 12.2 Å². The molecule has 1 saturated carbocycles. The van der Waals surface area contributed by atoms with E-state index in [4.69, 9.17) is 4.74 Å². The van der Waals surface area contributed by atoms with Crippen LogP contribution in [0.2, 0.25) is 0 Å². The molecule has 0 aliphatic heterocycles. The predicted molar refractivity (Wildman–Crippen MR) is 122 cm³/mol. The lowest BCUT2D eigenvalue weighted by molar-refractivity contribution is -0.248. The third kappa shape index (κ3) is 8.02. The number of halogens is 4. The molecule has 1 aliphatic carbocycles. The molecule has 2 aromatic rings. The quantitative estimate of drug-likeness (QED) is 0.231. The molecule has 1 aliphatic rings. The first-order chi connectivity index (χ1) is 15.9. The molecule has 0 aromatic heterocycles. The Morgan fingerprint density at radius 3 is 2.18 bits per heavy atom. The molecule has 0 spiro atoms. The summed E-state index contributed by atoms with van der Waals surface area (Å²) in [7, 11) is 0. The number of benzene rings is 2. The maximum Gasteiger partial charge on any atom is 0.387 e. The number of hydrogen-bond donors (Lipinski definition) is 0. The molecule has 2 aromatic carbocycles. The minimum absolute atomic E-state index is 0.0325. The van der Waals surface area contributed by atoms with Crippen LogP contribution in [-0.4, -0.2) is 13.2 Å². The van der Waals surface area contributed by atoms with Crippen LogP contribution < -0.4 is 4.74 Å². The van der Waals surface area contributed by atoms with Crippen molar-refractivity contribution in [1.29, 1.82) is 0 Å². The fraction of sp³-hybridized carbons (Fsp3) is 0.556. The molecule has 0 amide bonds. The van der Waals surface area contributed by atoms with Gasteiger partial charge < -0.3 is 9.47 Å². The molecule has 33 heavy (non-hydrogen) atoms. The van der Waals surface area contributed by atoms with Crippen LogP contribution in [0.1, 0.15) is 80.9 Å². The normalized spacial score (nSPS) is 19.1. The van der Waals surface area contributed by atoms with Gasteiger partial charge in [0.1, 0.15) is 5.75 Å². The second kappa shape index (κ2) is 12.4. The molecule has 3 rings (SSSR count). The Balaban J connectivity index is 1.45. The average molecular weight is 467 g/mol. The molecule has 2 nitrogen and oxygen atoms in total. The maximum absolute atomic E-state index is 14.5. The van der Waals surface area contributed by atoms with E-state index in [0.29, 0.717) is 11.5 Å². The Morgan fingerprint density at radius 2 is 1.58 bits per heavy atom. The van der Waals surface area contributed by atoms with E-state index in [1.165, 1.54) is 62.8 Å².